The number of aromatic nitrogens is 1. The number of alkyl halides is 1. The minimum absolute atomic E-state index is 0.116. The molecular formula is C22H29ClN+. The summed E-state index contributed by atoms with van der Waals surface area (Å²) in [5.74, 6) is 1.18. The number of fused-ring (bicyclic) bond motifs is 3. The molecule has 0 aliphatic carbocycles. The second-order valence-electron chi connectivity index (χ2n) is 7.27. The molecule has 0 amide bonds. The predicted molar refractivity (Wildman–Crippen MR) is 103 cm³/mol. The van der Waals surface area contributed by atoms with Crippen LogP contribution in [0.3, 0.4) is 0 Å². The molecule has 0 N–H and O–H groups in total. The molecule has 1 atom stereocenters. The summed E-state index contributed by atoms with van der Waals surface area (Å²) >= 11 is 6.25. The molecule has 3 rings (SSSR count). The first-order valence-electron chi connectivity index (χ1n) is 9.19. The highest BCUT2D eigenvalue weighted by Crippen LogP contribution is 2.47. The van der Waals surface area contributed by atoms with Crippen LogP contribution in [0.4, 0.5) is 0 Å². The van der Waals surface area contributed by atoms with Gasteiger partial charge in [0.15, 0.2) is 11.7 Å². The Morgan fingerprint density at radius 3 is 2.42 bits per heavy atom. The van der Waals surface area contributed by atoms with Crippen LogP contribution in [0.15, 0.2) is 30.5 Å². The molecule has 1 aromatic carbocycles. The molecule has 2 heterocycles. The highest BCUT2D eigenvalue weighted by Gasteiger charge is 2.51. The topological polar surface area (TPSA) is 3.88 Å². The fourth-order valence-electron chi connectivity index (χ4n) is 4.71. The normalized spacial score (nSPS) is 18.2. The smallest absolute Gasteiger partial charge is 0.192 e. The van der Waals surface area contributed by atoms with Crippen LogP contribution in [0.5, 0.6) is 0 Å². The molecule has 0 saturated heterocycles. The first kappa shape index (κ1) is 17.5. The van der Waals surface area contributed by atoms with Crippen molar-refractivity contribution in [2.24, 2.45) is 0 Å². The SMILES string of the molecule is CCC1(CC)C(CCCl)c2ccc(C)cc2-c2c(C)c(C)cc[n+]21. The molecule has 2 aromatic rings. The Hall–Kier alpha value is -1.34. The van der Waals surface area contributed by atoms with E-state index in [1.807, 2.05) is 0 Å². The third kappa shape index (κ3) is 2.40. The third-order valence-electron chi connectivity index (χ3n) is 6.25. The maximum Gasteiger partial charge on any atom is 0.216 e. The number of hydrogen-bond donors (Lipinski definition) is 0. The van der Waals surface area contributed by atoms with Crippen molar-refractivity contribution >= 4 is 11.6 Å². The summed E-state index contributed by atoms with van der Waals surface area (Å²) < 4.78 is 2.58. The Balaban J connectivity index is 2.42. The van der Waals surface area contributed by atoms with Crippen LogP contribution >= 0.6 is 11.6 Å². The number of pyridine rings is 1. The summed E-state index contributed by atoms with van der Waals surface area (Å²) in [7, 11) is 0. The second kappa shape index (κ2) is 6.52. The van der Waals surface area contributed by atoms with Crippen molar-refractivity contribution in [2.75, 3.05) is 5.88 Å². The standard InChI is InChI=1S/C22H29ClN/c1-6-22(7-2)20(10-12-23)18-9-8-15(3)14-19(18)21-17(5)16(4)11-13-24(21)22/h8-9,11,13-14,20H,6-7,10,12H2,1-5H3/q+1. The van der Waals surface area contributed by atoms with Gasteiger partial charge in [0.1, 0.15) is 0 Å². The zero-order valence-electron chi connectivity index (χ0n) is 15.6. The Morgan fingerprint density at radius 2 is 1.79 bits per heavy atom. The number of halogens is 1. The van der Waals surface area contributed by atoms with Crippen molar-refractivity contribution < 1.29 is 4.57 Å². The maximum absolute atomic E-state index is 6.25. The van der Waals surface area contributed by atoms with Crippen molar-refractivity contribution in [1.29, 1.82) is 0 Å². The molecule has 1 aliphatic rings. The van der Waals surface area contributed by atoms with Gasteiger partial charge in [0.05, 0.1) is 11.5 Å². The Morgan fingerprint density at radius 1 is 1.08 bits per heavy atom. The van der Waals surface area contributed by atoms with Gasteiger partial charge in [0.25, 0.3) is 0 Å². The van der Waals surface area contributed by atoms with Gasteiger partial charge in [-0.1, -0.05) is 31.5 Å². The molecule has 0 spiro atoms. The molecule has 1 aliphatic heterocycles. The van der Waals surface area contributed by atoms with E-state index in [1.54, 1.807) is 0 Å². The molecule has 0 bridgehead atoms. The zero-order valence-corrected chi connectivity index (χ0v) is 16.4. The van der Waals surface area contributed by atoms with E-state index in [2.05, 4.69) is 69.6 Å². The highest BCUT2D eigenvalue weighted by molar-refractivity contribution is 6.17. The highest BCUT2D eigenvalue weighted by atomic mass is 35.5. The fourth-order valence-corrected chi connectivity index (χ4v) is 4.93. The molecule has 1 aromatic heterocycles. The van der Waals surface area contributed by atoms with E-state index >= 15 is 0 Å². The molecule has 1 nitrogen and oxygen atoms in total. The van der Waals surface area contributed by atoms with Gasteiger partial charge in [-0.2, -0.15) is 4.57 Å². The van der Waals surface area contributed by atoms with Gasteiger partial charge < -0.3 is 0 Å². The van der Waals surface area contributed by atoms with Gasteiger partial charge in [-0.15, -0.1) is 11.6 Å². The van der Waals surface area contributed by atoms with Gasteiger partial charge in [0.2, 0.25) is 5.69 Å². The number of aryl methyl sites for hydroxylation is 2. The van der Waals surface area contributed by atoms with Crippen molar-refractivity contribution in [3.8, 4) is 11.3 Å². The molecule has 128 valence electrons. The summed E-state index contributed by atoms with van der Waals surface area (Å²) in [6.45, 7) is 11.3. The summed E-state index contributed by atoms with van der Waals surface area (Å²) in [5, 5.41) is 0. The van der Waals surface area contributed by atoms with Gasteiger partial charge >= 0.3 is 0 Å². The maximum atomic E-state index is 6.25. The van der Waals surface area contributed by atoms with Crippen LogP contribution in [0.25, 0.3) is 11.3 Å². The number of nitrogens with zero attached hydrogens (tertiary/aromatic N) is 1. The van der Waals surface area contributed by atoms with Gasteiger partial charge in [-0.3, -0.25) is 0 Å². The van der Waals surface area contributed by atoms with Crippen molar-refractivity contribution in [2.45, 2.75) is 65.3 Å². The van der Waals surface area contributed by atoms with E-state index in [4.69, 9.17) is 11.6 Å². The van der Waals surface area contributed by atoms with Crippen molar-refractivity contribution in [1.82, 2.24) is 0 Å². The van der Waals surface area contributed by atoms with Crippen LogP contribution in [-0.4, -0.2) is 5.88 Å². The molecule has 0 radical (unpaired) electrons. The summed E-state index contributed by atoms with van der Waals surface area (Å²) in [4.78, 5) is 0. The Bertz CT molecular complexity index is 759. The lowest BCUT2D eigenvalue weighted by Gasteiger charge is -2.40. The third-order valence-corrected chi connectivity index (χ3v) is 6.47. The van der Waals surface area contributed by atoms with Gasteiger partial charge in [-0.05, 0) is 44.4 Å². The molecule has 24 heavy (non-hydrogen) atoms. The lowest BCUT2D eigenvalue weighted by Crippen LogP contribution is -2.62. The van der Waals surface area contributed by atoms with Crippen LogP contribution < -0.4 is 4.57 Å². The largest absolute Gasteiger partial charge is 0.216 e. The monoisotopic (exact) mass is 342 g/mol. The number of rotatable bonds is 4. The van der Waals surface area contributed by atoms with Crippen molar-refractivity contribution in [3.63, 3.8) is 0 Å². The Kier molecular flexibility index (Phi) is 4.75. The van der Waals surface area contributed by atoms with Gasteiger partial charge in [0, 0.05) is 30.4 Å². The summed E-state index contributed by atoms with van der Waals surface area (Å²) in [6.07, 6.45) is 5.59. The van der Waals surface area contributed by atoms with E-state index in [0.29, 0.717) is 11.8 Å². The lowest BCUT2D eigenvalue weighted by atomic mass is 9.68. The molecular weight excluding hydrogens is 314 g/mol. The molecule has 2 heteroatoms. The van der Waals surface area contributed by atoms with E-state index < -0.39 is 0 Å². The Labute approximate surface area is 151 Å². The van der Waals surface area contributed by atoms with E-state index in [0.717, 1.165) is 19.3 Å². The molecule has 0 saturated carbocycles. The molecule has 1 unspecified atom stereocenters. The first-order valence-corrected chi connectivity index (χ1v) is 9.72. The zero-order chi connectivity index (χ0) is 17.5. The van der Waals surface area contributed by atoms with Crippen LogP contribution in [0.1, 0.15) is 61.3 Å². The first-order chi connectivity index (χ1) is 11.5. The fraction of sp³-hybridized carbons (Fsp3) is 0.500. The van der Waals surface area contributed by atoms with E-state index in [1.165, 1.54) is 33.5 Å². The van der Waals surface area contributed by atoms with Crippen LogP contribution in [-0.2, 0) is 5.54 Å². The second-order valence-corrected chi connectivity index (χ2v) is 7.65. The minimum Gasteiger partial charge on any atom is -0.192 e. The van der Waals surface area contributed by atoms with E-state index in [-0.39, 0.29) is 5.54 Å². The van der Waals surface area contributed by atoms with Crippen molar-refractivity contribution in [3.05, 3.63) is 52.7 Å². The molecule has 0 fully saturated rings. The quantitative estimate of drug-likeness (QED) is 0.487. The van der Waals surface area contributed by atoms with Crippen LogP contribution in [0, 0.1) is 20.8 Å². The van der Waals surface area contributed by atoms with E-state index in [9.17, 15) is 0 Å². The number of hydrogen-bond acceptors (Lipinski definition) is 0. The van der Waals surface area contributed by atoms with Crippen LogP contribution in [0.2, 0.25) is 0 Å². The summed E-state index contributed by atoms with van der Waals surface area (Å²) in [6, 6.07) is 9.26. The number of benzene rings is 1. The lowest BCUT2D eigenvalue weighted by molar-refractivity contribution is -0.763. The average Bonchev–Trinajstić information content (AvgIpc) is 2.58. The average molecular weight is 343 g/mol. The predicted octanol–water partition coefficient (Wildman–Crippen LogP) is 5.81. The summed E-state index contributed by atoms with van der Waals surface area (Å²) in [5.41, 5.74) is 8.51. The minimum atomic E-state index is 0.116. The van der Waals surface area contributed by atoms with Gasteiger partial charge in [-0.25, -0.2) is 0 Å².